The van der Waals surface area contributed by atoms with E-state index in [0.29, 0.717) is 18.0 Å². The first kappa shape index (κ1) is 23.4. The van der Waals surface area contributed by atoms with Gasteiger partial charge in [-0.05, 0) is 43.9 Å². The van der Waals surface area contributed by atoms with Crippen molar-refractivity contribution in [2.75, 3.05) is 13.2 Å². The van der Waals surface area contributed by atoms with Crippen LogP contribution in [0.15, 0.2) is 30.3 Å². The van der Waals surface area contributed by atoms with Crippen LogP contribution in [0.1, 0.15) is 60.7 Å². The van der Waals surface area contributed by atoms with E-state index >= 15 is 0 Å². The summed E-state index contributed by atoms with van der Waals surface area (Å²) in [5, 5.41) is 7.13. The monoisotopic (exact) mass is 444 g/mol. The summed E-state index contributed by atoms with van der Waals surface area (Å²) in [5.41, 5.74) is -0.550. The molecule has 9 heteroatoms. The molecule has 0 saturated carbocycles. The van der Waals surface area contributed by atoms with Gasteiger partial charge in [0.1, 0.15) is 17.1 Å². The molecule has 2 heterocycles. The topological polar surface area (TPSA) is 93.5 Å². The standard InChI is InChI=1S/C23H29FN4O4/c1-5-32-21(30)18-12-19-20(29)27(13-16-7-6-8-17(24)11-16)23(4,14-28(19)26-18)22(31)25-10-9-15(2)3/h6-8,11-12,15H,5,9-10,13-14H2,1-4H3,(H,25,31)/t23-/m0/s1. The summed E-state index contributed by atoms with van der Waals surface area (Å²) >= 11 is 0. The SMILES string of the molecule is CCOC(=O)c1cc2n(n1)C[C@@](C)(C(=O)NCCC(C)C)N(Cc1cccc(F)c1)C2=O. The molecule has 8 nitrogen and oxygen atoms in total. The Morgan fingerprint density at radius 3 is 2.72 bits per heavy atom. The zero-order valence-corrected chi connectivity index (χ0v) is 18.9. The van der Waals surface area contributed by atoms with Crippen molar-refractivity contribution in [3.63, 3.8) is 0 Å². The molecule has 1 N–H and O–H groups in total. The van der Waals surface area contributed by atoms with Crippen molar-refractivity contribution < 1.29 is 23.5 Å². The Kier molecular flexibility index (Phi) is 6.96. The van der Waals surface area contributed by atoms with Gasteiger partial charge in [0.05, 0.1) is 13.2 Å². The molecule has 0 bridgehead atoms. The van der Waals surface area contributed by atoms with Crippen LogP contribution in [0.25, 0.3) is 0 Å². The molecule has 2 aromatic rings. The molecule has 0 spiro atoms. The number of fused-ring (bicyclic) bond motifs is 1. The Balaban J connectivity index is 1.97. The third kappa shape index (κ3) is 4.81. The number of hydrogen-bond acceptors (Lipinski definition) is 5. The number of carbonyl (C=O) groups is 3. The molecule has 1 atom stereocenters. The quantitative estimate of drug-likeness (QED) is 0.632. The van der Waals surface area contributed by atoms with Crippen molar-refractivity contribution in [2.45, 2.75) is 52.7 Å². The largest absolute Gasteiger partial charge is 0.461 e. The first-order valence-corrected chi connectivity index (χ1v) is 10.8. The highest BCUT2D eigenvalue weighted by atomic mass is 19.1. The number of ether oxygens (including phenoxy) is 1. The van der Waals surface area contributed by atoms with Crippen molar-refractivity contribution in [1.29, 1.82) is 0 Å². The summed E-state index contributed by atoms with van der Waals surface area (Å²) in [7, 11) is 0. The maximum Gasteiger partial charge on any atom is 0.358 e. The Morgan fingerprint density at radius 1 is 1.31 bits per heavy atom. The predicted molar refractivity (Wildman–Crippen MR) is 115 cm³/mol. The third-order valence-electron chi connectivity index (χ3n) is 5.51. The summed E-state index contributed by atoms with van der Waals surface area (Å²) < 4.78 is 20.1. The Labute approximate surface area is 186 Å². The number of aromatic nitrogens is 2. The second-order valence-electron chi connectivity index (χ2n) is 8.53. The first-order valence-electron chi connectivity index (χ1n) is 10.8. The fraction of sp³-hybridized carbons (Fsp3) is 0.478. The number of rotatable bonds is 8. The van der Waals surface area contributed by atoms with Crippen LogP contribution in [-0.2, 0) is 22.6 Å². The molecule has 0 radical (unpaired) electrons. The van der Waals surface area contributed by atoms with Crippen LogP contribution in [0.2, 0.25) is 0 Å². The highest BCUT2D eigenvalue weighted by molar-refractivity contribution is 6.01. The highest BCUT2D eigenvalue weighted by Crippen LogP contribution is 2.29. The molecule has 1 aromatic heterocycles. The van der Waals surface area contributed by atoms with Crippen molar-refractivity contribution in [3.8, 4) is 0 Å². The Bertz CT molecular complexity index is 1020. The predicted octanol–water partition coefficient (Wildman–Crippen LogP) is 2.78. The maximum absolute atomic E-state index is 13.8. The average molecular weight is 445 g/mol. The average Bonchev–Trinajstić information content (AvgIpc) is 3.15. The lowest BCUT2D eigenvalue weighted by Crippen LogP contribution is -2.63. The van der Waals surface area contributed by atoms with E-state index in [0.717, 1.165) is 6.42 Å². The third-order valence-corrected chi connectivity index (χ3v) is 5.51. The molecule has 0 unspecified atom stereocenters. The molecule has 2 amide bonds. The fourth-order valence-electron chi connectivity index (χ4n) is 3.68. The van der Waals surface area contributed by atoms with E-state index in [9.17, 15) is 18.8 Å². The number of benzene rings is 1. The van der Waals surface area contributed by atoms with Gasteiger partial charge >= 0.3 is 5.97 Å². The molecule has 1 aromatic carbocycles. The number of halogens is 1. The van der Waals surface area contributed by atoms with Crippen LogP contribution in [0.5, 0.6) is 0 Å². The second kappa shape index (κ2) is 9.50. The molecule has 32 heavy (non-hydrogen) atoms. The highest BCUT2D eigenvalue weighted by Gasteiger charge is 2.48. The van der Waals surface area contributed by atoms with Gasteiger partial charge in [0.15, 0.2) is 5.69 Å². The van der Waals surface area contributed by atoms with Crippen LogP contribution in [-0.4, -0.2) is 51.2 Å². The van der Waals surface area contributed by atoms with Gasteiger partial charge in [0, 0.05) is 19.2 Å². The number of esters is 1. The fourth-order valence-corrected chi connectivity index (χ4v) is 3.68. The van der Waals surface area contributed by atoms with Gasteiger partial charge < -0.3 is 15.0 Å². The lowest BCUT2D eigenvalue weighted by Gasteiger charge is -2.43. The van der Waals surface area contributed by atoms with Gasteiger partial charge in [-0.25, -0.2) is 9.18 Å². The van der Waals surface area contributed by atoms with E-state index in [-0.39, 0.29) is 37.0 Å². The van der Waals surface area contributed by atoms with Crippen LogP contribution in [0, 0.1) is 11.7 Å². The number of nitrogens with zero attached hydrogens (tertiary/aromatic N) is 3. The summed E-state index contributed by atoms with van der Waals surface area (Å²) in [6.07, 6.45) is 0.791. The van der Waals surface area contributed by atoms with Gasteiger partial charge in [0.2, 0.25) is 5.91 Å². The lowest BCUT2D eigenvalue weighted by atomic mass is 9.94. The molecular weight excluding hydrogens is 415 g/mol. The van der Waals surface area contributed by atoms with E-state index in [1.165, 1.54) is 27.8 Å². The van der Waals surface area contributed by atoms with Crippen LogP contribution >= 0.6 is 0 Å². The first-order chi connectivity index (χ1) is 15.2. The van der Waals surface area contributed by atoms with Gasteiger partial charge in [-0.1, -0.05) is 26.0 Å². The van der Waals surface area contributed by atoms with Gasteiger partial charge in [-0.2, -0.15) is 5.10 Å². The van der Waals surface area contributed by atoms with Gasteiger partial charge in [0.25, 0.3) is 5.91 Å². The molecule has 3 rings (SSSR count). The molecular formula is C23H29FN4O4. The van der Waals surface area contributed by atoms with E-state index in [4.69, 9.17) is 4.74 Å². The molecule has 1 aliphatic heterocycles. The number of nitrogens with one attached hydrogen (secondary N) is 1. The number of carbonyl (C=O) groups excluding carboxylic acids is 3. The van der Waals surface area contributed by atoms with Crippen molar-refractivity contribution >= 4 is 17.8 Å². The normalized spacial score (nSPS) is 17.9. The number of hydrogen-bond donors (Lipinski definition) is 1. The minimum atomic E-state index is -1.29. The van der Waals surface area contributed by atoms with Gasteiger partial charge in [-0.3, -0.25) is 14.3 Å². The van der Waals surface area contributed by atoms with E-state index in [2.05, 4.69) is 24.3 Å². The Morgan fingerprint density at radius 2 is 2.06 bits per heavy atom. The maximum atomic E-state index is 13.8. The van der Waals surface area contributed by atoms with E-state index in [1.54, 1.807) is 26.0 Å². The second-order valence-corrected chi connectivity index (χ2v) is 8.53. The summed E-state index contributed by atoms with van der Waals surface area (Å²) in [6, 6.07) is 7.28. The zero-order valence-electron chi connectivity index (χ0n) is 18.9. The summed E-state index contributed by atoms with van der Waals surface area (Å²) in [4.78, 5) is 40.2. The van der Waals surface area contributed by atoms with Crippen LogP contribution < -0.4 is 5.32 Å². The Hall–Kier alpha value is -3.23. The molecule has 0 aliphatic carbocycles. The minimum absolute atomic E-state index is 0.00497. The molecule has 172 valence electrons. The van der Waals surface area contributed by atoms with Gasteiger partial charge in [-0.15, -0.1) is 0 Å². The smallest absolute Gasteiger partial charge is 0.358 e. The number of amides is 2. The van der Waals surface area contributed by atoms with Crippen LogP contribution in [0.4, 0.5) is 4.39 Å². The van der Waals surface area contributed by atoms with E-state index in [1.807, 2.05) is 0 Å². The van der Waals surface area contributed by atoms with Crippen molar-refractivity contribution in [3.05, 3.63) is 53.1 Å². The van der Waals surface area contributed by atoms with Crippen LogP contribution in [0.3, 0.4) is 0 Å². The minimum Gasteiger partial charge on any atom is -0.461 e. The summed E-state index contributed by atoms with van der Waals surface area (Å²) in [6.45, 7) is 8.18. The lowest BCUT2D eigenvalue weighted by molar-refractivity contribution is -0.133. The molecule has 0 saturated heterocycles. The van der Waals surface area contributed by atoms with Crippen molar-refractivity contribution in [2.24, 2.45) is 5.92 Å². The molecule has 0 fully saturated rings. The van der Waals surface area contributed by atoms with E-state index < -0.39 is 23.2 Å². The molecule has 1 aliphatic rings. The zero-order chi connectivity index (χ0) is 23.5. The van der Waals surface area contributed by atoms with Crippen molar-refractivity contribution in [1.82, 2.24) is 20.0 Å². The summed E-state index contributed by atoms with van der Waals surface area (Å²) in [5.74, 6) is -1.46.